The summed E-state index contributed by atoms with van der Waals surface area (Å²) in [7, 11) is 0. The number of rotatable bonds is 14. The number of ether oxygens (including phenoxy) is 3. The van der Waals surface area contributed by atoms with Gasteiger partial charge in [-0.3, -0.25) is 4.79 Å². The van der Waals surface area contributed by atoms with Crippen LogP contribution in [0.25, 0.3) is 6.08 Å². The number of allylic oxidation sites excluding steroid dienone is 1. The van der Waals surface area contributed by atoms with Crippen LogP contribution in [0.3, 0.4) is 0 Å². The first-order chi connectivity index (χ1) is 15.1. The molecular formula is C27H36O4. The fraction of sp³-hybridized carbons (Fsp3) is 0.444. The normalized spacial score (nSPS) is 11.0. The molecule has 0 saturated carbocycles. The van der Waals surface area contributed by atoms with Crippen LogP contribution in [-0.4, -0.2) is 25.6 Å². The molecule has 168 valence electrons. The monoisotopic (exact) mass is 424 g/mol. The second kappa shape index (κ2) is 13.5. The maximum Gasteiger partial charge on any atom is 0.185 e. The van der Waals surface area contributed by atoms with Crippen LogP contribution < -0.4 is 14.2 Å². The molecule has 2 aromatic rings. The Morgan fingerprint density at radius 1 is 0.774 bits per heavy atom. The molecule has 0 aliphatic heterocycles. The summed E-state index contributed by atoms with van der Waals surface area (Å²) in [5, 5.41) is 0. The summed E-state index contributed by atoms with van der Waals surface area (Å²) in [5.41, 5.74) is 2.68. The highest BCUT2D eigenvalue weighted by Crippen LogP contribution is 2.32. The van der Waals surface area contributed by atoms with Crippen LogP contribution in [0.5, 0.6) is 17.2 Å². The number of benzene rings is 2. The Morgan fingerprint density at radius 3 is 2.00 bits per heavy atom. The average molecular weight is 425 g/mol. The fourth-order valence-corrected chi connectivity index (χ4v) is 3.10. The van der Waals surface area contributed by atoms with Crippen LogP contribution >= 0.6 is 0 Å². The number of hydrogen-bond donors (Lipinski definition) is 0. The Kier molecular flexibility index (Phi) is 10.7. The molecule has 0 spiro atoms. The van der Waals surface area contributed by atoms with Gasteiger partial charge in [0.25, 0.3) is 0 Å². The molecule has 2 rings (SSSR count). The molecular weight excluding hydrogens is 388 g/mol. The molecule has 0 heterocycles. The molecule has 0 atom stereocenters. The van der Waals surface area contributed by atoms with Crippen LogP contribution in [0.1, 0.15) is 74.9 Å². The molecule has 0 amide bonds. The zero-order valence-corrected chi connectivity index (χ0v) is 19.4. The first-order valence-electron chi connectivity index (χ1n) is 11.5. The number of carbonyl (C=O) groups is 1. The van der Waals surface area contributed by atoms with E-state index < -0.39 is 0 Å². The number of aryl methyl sites for hydroxylation is 1. The molecule has 4 heteroatoms. The lowest BCUT2D eigenvalue weighted by Crippen LogP contribution is -2.03. The van der Waals surface area contributed by atoms with E-state index in [-0.39, 0.29) is 5.78 Å². The van der Waals surface area contributed by atoms with Crippen LogP contribution in [-0.2, 0) is 6.42 Å². The van der Waals surface area contributed by atoms with Crippen molar-refractivity contribution < 1.29 is 19.0 Å². The van der Waals surface area contributed by atoms with Gasteiger partial charge in [0.2, 0.25) is 0 Å². The maximum atomic E-state index is 12.7. The predicted octanol–water partition coefficient (Wildman–Crippen LogP) is 6.90. The van der Waals surface area contributed by atoms with Gasteiger partial charge in [0, 0.05) is 17.2 Å². The summed E-state index contributed by atoms with van der Waals surface area (Å²) in [6, 6.07) is 11.3. The topological polar surface area (TPSA) is 44.8 Å². The molecule has 0 unspecified atom stereocenters. The van der Waals surface area contributed by atoms with Crippen molar-refractivity contribution in [1.29, 1.82) is 0 Å². The second-order valence-corrected chi connectivity index (χ2v) is 7.52. The lowest BCUT2D eigenvalue weighted by molar-refractivity contribution is 0.104. The van der Waals surface area contributed by atoms with E-state index >= 15 is 0 Å². The third kappa shape index (κ3) is 7.78. The molecule has 2 aromatic carbocycles. The number of hydrogen-bond acceptors (Lipinski definition) is 4. The third-order valence-corrected chi connectivity index (χ3v) is 4.66. The SMILES string of the molecule is CCCOc1ccc(C(=O)C=Cc2cc(CCC)c(OCCC)cc2OCCC)cc1. The number of carbonyl (C=O) groups excluding carboxylic acids is 1. The van der Waals surface area contributed by atoms with Crippen LogP contribution in [0.4, 0.5) is 0 Å². The van der Waals surface area contributed by atoms with Gasteiger partial charge in [0.05, 0.1) is 19.8 Å². The Labute approximate surface area is 187 Å². The smallest absolute Gasteiger partial charge is 0.185 e. The van der Waals surface area contributed by atoms with Crippen molar-refractivity contribution >= 4 is 11.9 Å². The van der Waals surface area contributed by atoms with Gasteiger partial charge < -0.3 is 14.2 Å². The Hall–Kier alpha value is -2.75. The van der Waals surface area contributed by atoms with Crippen molar-refractivity contribution in [2.45, 2.75) is 59.8 Å². The van der Waals surface area contributed by atoms with Crippen molar-refractivity contribution in [3.63, 3.8) is 0 Å². The highest BCUT2D eigenvalue weighted by atomic mass is 16.5. The molecule has 0 aliphatic rings. The van der Waals surface area contributed by atoms with Crippen LogP contribution in [0, 0.1) is 0 Å². The van der Waals surface area contributed by atoms with Crippen molar-refractivity contribution in [2.24, 2.45) is 0 Å². The van der Waals surface area contributed by atoms with Gasteiger partial charge in [-0.05, 0) is 73.7 Å². The van der Waals surface area contributed by atoms with Gasteiger partial charge >= 0.3 is 0 Å². The summed E-state index contributed by atoms with van der Waals surface area (Å²) in [4.78, 5) is 12.7. The van der Waals surface area contributed by atoms with Gasteiger partial charge in [-0.1, -0.05) is 34.1 Å². The van der Waals surface area contributed by atoms with Crippen molar-refractivity contribution in [3.05, 3.63) is 59.2 Å². The maximum absolute atomic E-state index is 12.7. The third-order valence-electron chi connectivity index (χ3n) is 4.66. The summed E-state index contributed by atoms with van der Waals surface area (Å²) < 4.78 is 17.5. The Morgan fingerprint density at radius 2 is 1.39 bits per heavy atom. The van der Waals surface area contributed by atoms with Gasteiger partial charge in [-0.15, -0.1) is 0 Å². The molecule has 0 radical (unpaired) electrons. The Bertz CT molecular complexity index is 837. The van der Waals surface area contributed by atoms with Gasteiger partial charge in [-0.25, -0.2) is 0 Å². The molecule has 0 N–H and O–H groups in total. The minimum atomic E-state index is -0.0492. The number of ketones is 1. The minimum absolute atomic E-state index is 0.0492. The summed E-state index contributed by atoms with van der Waals surface area (Å²) >= 11 is 0. The zero-order chi connectivity index (χ0) is 22.5. The lowest BCUT2D eigenvalue weighted by atomic mass is 10.0. The van der Waals surface area contributed by atoms with Crippen LogP contribution in [0.15, 0.2) is 42.5 Å². The van der Waals surface area contributed by atoms with E-state index in [1.807, 2.05) is 24.3 Å². The van der Waals surface area contributed by atoms with Crippen molar-refractivity contribution in [3.8, 4) is 17.2 Å². The minimum Gasteiger partial charge on any atom is -0.494 e. The first-order valence-corrected chi connectivity index (χ1v) is 11.5. The average Bonchev–Trinajstić information content (AvgIpc) is 2.80. The molecule has 0 aliphatic carbocycles. The van der Waals surface area contributed by atoms with Crippen molar-refractivity contribution in [2.75, 3.05) is 19.8 Å². The van der Waals surface area contributed by atoms with E-state index in [1.54, 1.807) is 18.2 Å². The van der Waals surface area contributed by atoms with E-state index in [0.717, 1.165) is 60.5 Å². The highest BCUT2D eigenvalue weighted by molar-refractivity contribution is 6.07. The van der Waals surface area contributed by atoms with E-state index in [2.05, 4.69) is 33.8 Å². The van der Waals surface area contributed by atoms with Gasteiger partial charge in [0.1, 0.15) is 17.2 Å². The van der Waals surface area contributed by atoms with E-state index in [4.69, 9.17) is 14.2 Å². The fourth-order valence-electron chi connectivity index (χ4n) is 3.10. The highest BCUT2D eigenvalue weighted by Gasteiger charge is 2.11. The Balaban J connectivity index is 2.26. The summed E-state index contributed by atoms with van der Waals surface area (Å²) in [5.74, 6) is 2.36. The van der Waals surface area contributed by atoms with Crippen LogP contribution in [0.2, 0.25) is 0 Å². The summed E-state index contributed by atoms with van der Waals surface area (Å²) in [6.07, 6.45) is 8.21. The van der Waals surface area contributed by atoms with E-state index in [9.17, 15) is 4.79 Å². The quantitative estimate of drug-likeness (QED) is 0.244. The van der Waals surface area contributed by atoms with Gasteiger partial charge in [-0.2, -0.15) is 0 Å². The molecule has 0 saturated heterocycles. The molecule has 0 fully saturated rings. The standard InChI is InChI=1S/C27H36O4/c1-5-9-22-19-23(27(31-18-8-4)20-26(22)30-17-7-3)12-15-25(28)21-10-13-24(14-11-21)29-16-6-2/h10-15,19-20H,5-9,16-18H2,1-4H3. The zero-order valence-electron chi connectivity index (χ0n) is 19.4. The molecule has 0 bridgehead atoms. The molecule has 4 nitrogen and oxygen atoms in total. The molecule has 0 aromatic heterocycles. The molecule has 31 heavy (non-hydrogen) atoms. The van der Waals surface area contributed by atoms with E-state index in [0.29, 0.717) is 25.4 Å². The second-order valence-electron chi connectivity index (χ2n) is 7.52. The van der Waals surface area contributed by atoms with Crippen molar-refractivity contribution in [1.82, 2.24) is 0 Å². The predicted molar refractivity (Wildman–Crippen MR) is 128 cm³/mol. The van der Waals surface area contributed by atoms with E-state index in [1.165, 1.54) is 0 Å². The largest absolute Gasteiger partial charge is 0.494 e. The lowest BCUT2D eigenvalue weighted by Gasteiger charge is -2.16. The first kappa shape index (κ1) is 24.5. The van der Waals surface area contributed by atoms with Gasteiger partial charge in [0.15, 0.2) is 5.78 Å². The summed E-state index contributed by atoms with van der Waals surface area (Å²) in [6.45, 7) is 10.4.